The number of amides is 1. The highest BCUT2D eigenvalue weighted by molar-refractivity contribution is 6.30. The molecule has 5 heteroatoms. The molecule has 1 heterocycles. The molecule has 1 aliphatic carbocycles. The molecule has 1 saturated carbocycles. The predicted octanol–water partition coefficient (Wildman–Crippen LogP) is 5.77. The number of ether oxygens (including phenoxy) is 1. The number of hydrogen-bond donors (Lipinski definition) is 2. The first kappa shape index (κ1) is 20.2. The van der Waals surface area contributed by atoms with E-state index in [9.17, 15) is 4.79 Å². The molecular weight excluding hydrogens is 384 g/mol. The van der Waals surface area contributed by atoms with Gasteiger partial charge in [-0.25, -0.2) is 0 Å². The molecule has 1 amide bonds. The molecule has 0 atom stereocenters. The second-order valence-electron chi connectivity index (χ2n) is 8.21. The normalized spacial score (nSPS) is 19.5. The topological polar surface area (TPSA) is 50.4 Å². The van der Waals surface area contributed by atoms with Crippen molar-refractivity contribution in [2.75, 3.05) is 23.8 Å². The summed E-state index contributed by atoms with van der Waals surface area (Å²) in [5.74, 6) is 0.0242. The van der Waals surface area contributed by atoms with Gasteiger partial charge in [0.05, 0.1) is 5.41 Å². The van der Waals surface area contributed by atoms with Crippen molar-refractivity contribution in [2.45, 2.75) is 56.4 Å². The molecule has 2 aromatic carbocycles. The van der Waals surface area contributed by atoms with Crippen LogP contribution in [0, 0.1) is 0 Å². The van der Waals surface area contributed by atoms with Crippen LogP contribution < -0.4 is 10.6 Å². The largest absolute Gasteiger partial charge is 0.382 e. The van der Waals surface area contributed by atoms with Crippen molar-refractivity contribution in [3.05, 3.63) is 59.1 Å². The molecule has 4 rings (SSSR count). The molecule has 2 aromatic rings. The number of carbonyl (C=O) groups is 1. The zero-order chi connectivity index (χ0) is 20.1. The zero-order valence-corrected chi connectivity index (χ0v) is 17.5. The molecule has 2 N–H and O–H groups in total. The van der Waals surface area contributed by atoms with Crippen molar-refractivity contribution in [3.63, 3.8) is 0 Å². The van der Waals surface area contributed by atoms with Crippen LogP contribution in [0.15, 0.2) is 48.5 Å². The molecular formula is C24H29ClN2O2. The number of hydrogen-bond acceptors (Lipinski definition) is 3. The summed E-state index contributed by atoms with van der Waals surface area (Å²) in [5, 5.41) is 7.44. The second-order valence-corrected chi connectivity index (χ2v) is 8.65. The van der Waals surface area contributed by atoms with E-state index < -0.39 is 5.41 Å². The highest BCUT2D eigenvalue weighted by atomic mass is 35.5. The standard InChI is InChI=1S/C24H29ClN2O2/c25-19-8-6-18(7-9-19)24(14-16-29-17-15-24)23(28)27-22-12-10-21(11-13-22)26-20-4-2-1-3-5-20/h6-13,20,26H,1-5,14-17H2,(H,27,28). The van der Waals surface area contributed by atoms with Gasteiger partial charge in [0.15, 0.2) is 0 Å². The summed E-state index contributed by atoms with van der Waals surface area (Å²) in [6.07, 6.45) is 7.78. The first-order valence-electron chi connectivity index (χ1n) is 10.7. The van der Waals surface area contributed by atoms with Crippen LogP contribution >= 0.6 is 11.6 Å². The Kier molecular flexibility index (Phi) is 6.41. The summed E-state index contributed by atoms with van der Waals surface area (Å²) in [4.78, 5) is 13.4. The number of rotatable bonds is 5. The van der Waals surface area contributed by atoms with Gasteiger partial charge in [0.2, 0.25) is 5.91 Å². The highest BCUT2D eigenvalue weighted by Gasteiger charge is 2.41. The molecule has 0 spiro atoms. The SMILES string of the molecule is O=C(Nc1ccc(NC2CCCCC2)cc1)C1(c2ccc(Cl)cc2)CCOCC1. The smallest absolute Gasteiger partial charge is 0.235 e. The van der Waals surface area contributed by atoms with E-state index in [0.717, 1.165) is 16.9 Å². The van der Waals surface area contributed by atoms with Crippen LogP contribution in [0.4, 0.5) is 11.4 Å². The van der Waals surface area contributed by atoms with Crippen LogP contribution in [-0.4, -0.2) is 25.2 Å². The van der Waals surface area contributed by atoms with Crippen molar-refractivity contribution in [3.8, 4) is 0 Å². The van der Waals surface area contributed by atoms with Crippen molar-refractivity contribution in [2.24, 2.45) is 0 Å². The monoisotopic (exact) mass is 412 g/mol. The minimum Gasteiger partial charge on any atom is -0.382 e. The van der Waals surface area contributed by atoms with E-state index in [4.69, 9.17) is 16.3 Å². The molecule has 1 saturated heterocycles. The fourth-order valence-electron chi connectivity index (χ4n) is 4.52. The molecule has 0 radical (unpaired) electrons. The summed E-state index contributed by atoms with van der Waals surface area (Å²) in [7, 11) is 0. The molecule has 1 aliphatic heterocycles. The van der Waals surface area contributed by atoms with Gasteiger partial charge in [-0.15, -0.1) is 0 Å². The Labute approximate surface area is 178 Å². The number of anilines is 2. The first-order valence-corrected chi connectivity index (χ1v) is 11.1. The Morgan fingerprint density at radius 2 is 1.52 bits per heavy atom. The summed E-state index contributed by atoms with van der Waals surface area (Å²) in [6.45, 7) is 1.17. The molecule has 0 unspecified atom stereocenters. The molecule has 2 aliphatic rings. The minimum atomic E-state index is -0.581. The average molecular weight is 413 g/mol. The quantitative estimate of drug-likeness (QED) is 0.655. The van der Waals surface area contributed by atoms with Crippen LogP contribution in [-0.2, 0) is 14.9 Å². The van der Waals surface area contributed by atoms with E-state index in [-0.39, 0.29) is 5.91 Å². The van der Waals surface area contributed by atoms with Crippen molar-refractivity contribution in [1.82, 2.24) is 0 Å². The first-order chi connectivity index (χ1) is 14.2. The number of halogens is 1. The van der Waals surface area contributed by atoms with Crippen molar-refractivity contribution >= 4 is 28.9 Å². The lowest BCUT2D eigenvalue weighted by Gasteiger charge is -2.36. The van der Waals surface area contributed by atoms with Gasteiger partial charge in [-0.05, 0) is 67.6 Å². The fraction of sp³-hybridized carbons (Fsp3) is 0.458. The van der Waals surface area contributed by atoms with Gasteiger partial charge in [0, 0.05) is 35.7 Å². The molecule has 4 nitrogen and oxygen atoms in total. The summed E-state index contributed by atoms with van der Waals surface area (Å²) >= 11 is 6.06. The minimum absolute atomic E-state index is 0.0242. The Hall–Kier alpha value is -2.04. The summed E-state index contributed by atoms with van der Waals surface area (Å²) in [5.41, 5.74) is 2.36. The predicted molar refractivity (Wildman–Crippen MR) is 119 cm³/mol. The van der Waals surface area contributed by atoms with E-state index >= 15 is 0 Å². The van der Waals surface area contributed by atoms with Gasteiger partial charge in [0.1, 0.15) is 0 Å². The maximum atomic E-state index is 13.4. The van der Waals surface area contributed by atoms with E-state index in [1.54, 1.807) is 0 Å². The van der Waals surface area contributed by atoms with Crippen LogP contribution in [0.3, 0.4) is 0 Å². The Balaban J connectivity index is 1.46. The molecule has 0 bridgehead atoms. The Morgan fingerprint density at radius 1 is 0.897 bits per heavy atom. The third-order valence-electron chi connectivity index (χ3n) is 6.30. The third kappa shape index (κ3) is 4.76. The van der Waals surface area contributed by atoms with Gasteiger partial charge in [-0.1, -0.05) is 43.0 Å². The second kappa shape index (κ2) is 9.19. The summed E-state index contributed by atoms with van der Waals surface area (Å²) in [6, 6.07) is 16.3. The Morgan fingerprint density at radius 3 is 2.17 bits per heavy atom. The number of carbonyl (C=O) groups excluding carboxylic acids is 1. The fourth-order valence-corrected chi connectivity index (χ4v) is 4.64. The lowest BCUT2D eigenvalue weighted by molar-refractivity contribution is -0.125. The van der Waals surface area contributed by atoms with Crippen LogP contribution in [0.5, 0.6) is 0 Å². The lowest BCUT2D eigenvalue weighted by atomic mass is 9.73. The summed E-state index contributed by atoms with van der Waals surface area (Å²) < 4.78 is 5.54. The highest BCUT2D eigenvalue weighted by Crippen LogP contribution is 2.37. The average Bonchev–Trinajstić information content (AvgIpc) is 2.77. The van der Waals surface area contributed by atoms with E-state index in [1.807, 2.05) is 36.4 Å². The van der Waals surface area contributed by atoms with Crippen LogP contribution in [0.2, 0.25) is 5.02 Å². The molecule has 154 valence electrons. The van der Waals surface area contributed by atoms with E-state index in [0.29, 0.717) is 37.1 Å². The number of nitrogens with one attached hydrogen (secondary N) is 2. The van der Waals surface area contributed by atoms with Gasteiger partial charge >= 0.3 is 0 Å². The van der Waals surface area contributed by atoms with Gasteiger partial charge < -0.3 is 15.4 Å². The van der Waals surface area contributed by atoms with E-state index in [1.165, 1.54) is 32.1 Å². The molecule has 29 heavy (non-hydrogen) atoms. The van der Waals surface area contributed by atoms with Gasteiger partial charge in [-0.2, -0.15) is 0 Å². The van der Waals surface area contributed by atoms with E-state index in [2.05, 4.69) is 22.8 Å². The lowest BCUT2D eigenvalue weighted by Crippen LogP contribution is -2.44. The number of benzene rings is 2. The maximum absolute atomic E-state index is 13.4. The maximum Gasteiger partial charge on any atom is 0.235 e. The van der Waals surface area contributed by atoms with Gasteiger partial charge in [0.25, 0.3) is 0 Å². The zero-order valence-electron chi connectivity index (χ0n) is 16.8. The Bertz CT molecular complexity index is 808. The van der Waals surface area contributed by atoms with Gasteiger partial charge in [-0.3, -0.25) is 4.79 Å². The van der Waals surface area contributed by atoms with Crippen LogP contribution in [0.25, 0.3) is 0 Å². The third-order valence-corrected chi connectivity index (χ3v) is 6.55. The van der Waals surface area contributed by atoms with Crippen LogP contribution in [0.1, 0.15) is 50.5 Å². The molecule has 2 fully saturated rings. The van der Waals surface area contributed by atoms with Crippen molar-refractivity contribution < 1.29 is 9.53 Å². The van der Waals surface area contributed by atoms with Crippen molar-refractivity contribution in [1.29, 1.82) is 0 Å². The molecule has 0 aromatic heterocycles.